The molecule has 0 fully saturated rings. The summed E-state index contributed by atoms with van der Waals surface area (Å²) in [5, 5.41) is 12.8. The summed E-state index contributed by atoms with van der Waals surface area (Å²) in [5.41, 5.74) is 0.0652. The van der Waals surface area contributed by atoms with Crippen LogP contribution in [0.5, 0.6) is 5.75 Å². The quantitative estimate of drug-likeness (QED) is 0.752. The van der Waals surface area contributed by atoms with E-state index in [9.17, 15) is 18.3 Å². The molecule has 2 aromatic rings. The third-order valence-corrected chi connectivity index (χ3v) is 4.30. The summed E-state index contributed by atoms with van der Waals surface area (Å²) in [6, 6.07) is 4.14. The number of sulfonamides is 1. The van der Waals surface area contributed by atoms with E-state index in [-0.39, 0.29) is 17.9 Å². The zero-order valence-electron chi connectivity index (χ0n) is 11.3. The maximum absolute atomic E-state index is 12.0. The Hall–Kier alpha value is -1.68. The molecule has 2 rings (SSSR count). The SMILES string of the molecule is CS(=O)(=O)NCc1cnc(NC(=O)c2ccc(Cl)cc2O)s1. The van der Waals surface area contributed by atoms with E-state index in [1.807, 2.05) is 0 Å². The Kier molecular flexibility index (Phi) is 5.01. The maximum Gasteiger partial charge on any atom is 0.261 e. The van der Waals surface area contributed by atoms with Crippen molar-refractivity contribution in [2.75, 3.05) is 11.6 Å². The molecule has 0 bridgehead atoms. The van der Waals surface area contributed by atoms with Crippen LogP contribution >= 0.6 is 22.9 Å². The third kappa shape index (κ3) is 4.67. The minimum atomic E-state index is -3.29. The van der Waals surface area contributed by atoms with Crippen molar-refractivity contribution in [2.45, 2.75) is 6.54 Å². The van der Waals surface area contributed by atoms with Crippen molar-refractivity contribution in [2.24, 2.45) is 0 Å². The molecule has 0 spiro atoms. The third-order valence-electron chi connectivity index (χ3n) is 2.49. The standard InChI is InChI=1S/C12H12ClN3O4S2/c1-22(19,20)15-6-8-5-14-12(21-8)16-11(18)9-3-2-7(13)4-10(9)17/h2-5,15,17H,6H2,1H3,(H,14,16,18). The van der Waals surface area contributed by atoms with Gasteiger partial charge in [-0.3, -0.25) is 10.1 Å². The first kappa shape index (κ1) is 16.7. The molecule has 118 valence electrons. The molecule has 0 atom stereocenters. The van der Waals surface area contributed by atoms with E-state index in [0.717, 1.165) is 17.6 Å². The number of halogens is 1. The number of hydrogen-bond acceptors (Lipinski definition) is 6. The summed E-state index contributed by atoms with van der Waals surface area (Å²) in [4.78, 5) is 16.6. The maximum atomic E-state index is 12.0. The number of aromatic hydroxyl groups is 1. The summed E-state index contributed by atoms with van der Waals surface area (Å²) < 4.78 is 24.3. The zero-order valence-corrected chi connectivity index (χ0v) is 13.7. The summed E-state index contributed by atoms with van der Waals surface area (Å²) in [7, 11) is -3.29. The van der Waals surface area contributed by atoms with Crippen LogP contribution in [-0.2, 0) is 16.6 Å². The molecule has 10 heteroatoms. The highest BCUT2D eigenvalue weighted by atomic mass is 35.5. The van der Waals surface area contributed by atoms with E-state index < -0.39 is 15.9 Å². The van der Waals surface area contributed by atoms with Crippen molar-refractivity contribution < 1.29 is 18.3 Å². The first-order valence-electron chi connectivity index (χ1n) is 5.94. The first-order chi connectivity index (χ1) is 10.2. The predicted octanol–water partition coefficient (Wildman–Crippen LogP) is 1.80. The van der Waals surface area contributed by atoms with Crippen LogP contribution in [0.15, 0.2) is 24.4 Å². The second kappa shape index (κ2) is 6.61. The first-order valence-corrected chi connectivity index (χ1v) is 9.02. The number of amides is 1. The molecule has 0 saturated carbocycles. The minimum Gasteiger partial charge on any atom is -0.507 e. The molecule has 1 aromatic heterocycles. The molecule has 0 radical (unpaired) electrons. The molecule has 0 aliphatic rings. The highest BCUT2D eigenvalue weighted by Gasteiger charge is 2.14. The van der Waals surface area contributed by atoms with Gasteiger partial charge in [-0.15, -0.1) is 11.3 Å². The molecule has 0 unspecified atom stereocenters. The van der Waals surface area contributed by atoms with Crippen molar-refractivity contribution in [1.82, 2.24) is 9.71 Å². The van der Waals surface area contributed by atoms with Gasteiger partial charge in [0, 0.05) is 22.6 Å². The van der Waals surface area contributed by atoms with Crippen molar-refractivity contribution in [1.29, 1.82) is 0 Å². The van der Waals surface area contributed by atoms with Crippen molar-refractivity contribution >= 4 is 44.0 Å². The minimum absolute atomic E-state index is 0.0652. The van der Waals surface area contributed by atoms with Gasteiger partial charge in [0.1, 0.15) is 5.75 Å². The normalized spacial score (nSPS) is 11.4. The molecule has 0 aliphatic carbocycles. The van der Waals surface area contributed by atoms with Crippen molar-refractivity contribution in [3.05, 3.63) is 39.9 Å². The van der Waals surface area contributed by atoms with Gasteiger partial charge in [-0.05, 0) is 18.2 Å². The number of thiazole rings is 1. The number of phenolic OH excluding ortho intramolecular Hbond substituents is 1. The lowest BCUT2D eigenvalue weighted by Gasteiger charge is -2.04. The average Bonchev–Trinajstić information content (AvgIpc) is 2.83. The Labute approximate surface area is 136 Å². The molecule has 0 aliphatic heterocycles. The lowest BCUT2D eigenvalue weighted by molar-refractivity contribution is 0.102. The molecule has 7 nitrogen and oxygen atoms in total. The number of aromatic nitrogens is 1. The zero-order chi connectivity index (χ0) is 16.3. The second-order valence-corrected chi connectivity index (χ2v) is 7.73. The van der Waals surface area contributed by atoms with E-state index in [2.05, 4.69) is 15.0 Å². The van der Waals surface area contributed by atoms with Crippen molar-refractivity contribution in [3.63, 3.8) is 0 Å². The molecular weight excluding hydrogens is 350 g/mol. The lowest BCUT2D eigenvalue weighted by Crippen LogP contribution is -2.20. The van der Waals surface area contributed by atoms with Crippen molar-refractivity contribution in [3.8, 4) is 5.75 Å². The summed E-state index contributed by atoms with van der Waals surface area (Å²) >= 11 is 6.83. The topological polar surface area (TPSA) is 108 Å². The van der Waals surface area contributed by atoms with Crippen LogP contribution < -0.4 is 10.0 Å². The van der Waals surface area contributed by atoms with Gasteiger partial charge in [0.2, 0.25) is 10.0 Å². The molecule has 1 aromatic carbocycles. The fourth-order valence-corrected chi connectivity index (χ4v) is 2.93. The predicted molar refractivity (Wildman–Crippen MR) is 84.9 cm³/mol. The molecule has 22 heavy (non-hydrogen) atoms. The fraction of sp³-hybridized carbons (Fsp3) is 0.167. The van der Waals surface area contributed by atoms with Gasteiger partial charge in [-0.1, -0.05) is 11.6 Å². The molecule has 0 saturated heterocycles. The van der Waals surface area contributed by atoms with E-state index in [0.29, 0.717) is 15.0 Å². The Bertz CT molecular complexity index is 804. The Morgan fingerprint density at radius 3 is 2.82 bits per heavy atom. The van der Waals surface area contributed by atoms with E-state index in [4.69, 9.17) is 11.6 Å². The van der Waals surface area contributed by atoms with Gasteiger partial charge in [-0.2, -0.15) is 0 Å². The van der Waals surface area contributed by atoms with Crippen LogP contribution in [0, 0.1) is 0 Å². The molecule has 1 amide bonds. The van der Waals surface area contributed by atoms with Crippen LogP contribution in [0.25, 0.3) is 0 Å². The summed E-state index contributed by atoms with van der Waals surface area (Å²) in [5.74, 6) is -0.772. The number of phenols is 1. The monoisotopic (exact) mass is 361 g/mol. The number of benzene rings is 1. The molecule has 1 heterocycles. The van der Waals surface area contributed by atoms with Crippen LogP contribution in [0.3, 0.4) is 0 Å². The highest BCUT2D eigenvalue weighted by molar-refractivity contribution is 7.88. The van der Waals surface area contributed by atoms with Gasteiger partial charge in [0.25, 0.3) is 5.91 Å². The van der Waals surface area contributed by atoms with Gasteiger partial charge in [0.15, 0.2) is 5.13 Å². The van der Waals surface area contributed by atoms with E-state index in [1.165, 1.54) is 24.4 Å². The smallest absolute Gasteiger partial charge is 0.261 e. The number of carbonyl (C=O) groups is 1. The van der Waals surface area contributed by atoms with E-state index >= 15 is 0 Å². The largest absolute Gasteiger partial charge is 0.507 e. The van der Waals surface area contributed by atoms with Crippen LogP contribution in [0.1, 0.15) is 15.2 Å². The van der Waals surface area contributed by atoms with E-state index in [1.54, 1.807) is 0 Å². The van der Waals surface area contributed by atoms with Crippen LogP contribution in [0.4, 0.5) is 5.13 Å². The number of nitrogens with one attached hydrogen (secondary N) is 2. The number of anilines is 1. The lowest BCUT2D eigenvalue weighted by atomic mass is 10.2. The van der Waals surface area contributed by atoms with Crippen LogP contribution in [-0.4, -0.2) is 30.7 Å². The van der Waals surface area contributed by atoms with Gasteiger partial charge in [0.05, 0.1) is 11.8 Å². The number of carbonyl (C=O) groups excluding carboxylic acids is 1. The number of nitrogens with zero attached hydrogens (tertiary/aromatic N) is 1. The summed E-state index contributed by atoms with van der Waals surface area (Å²) in [6.45, 7) is 0.0958. The number of rotatable bonds is 5. The Morgan fingerprint density at radius 1 is 1.45 bits per heavy atom. The number of hydrogen-bond donors (Lipinski definition) is 3. The fourth-order valence-electron chi connectivity index (χ4n) is 1.51. The highest BCUT2D eigenvalue weighted by Crippen LogP contribution is 2.24. The van der Waals surface area contributed by atoms with Gasteiger partial charge < -0.3 is 5.11 Å². The average molecular weight is 362 g/mol. The Balaban J connectivity index is 2.05. The van der Waals surface area contributed by atoms with Gasteiger partial charge >= 0.3 is 0 Å². The Morgan fingerprint density at radius 2 is 2.18 bits per heavy atom. The van der Waals surface area contributed by atoms with Gasteiger partial charge in [-0.25, -0.2) is 18.1 Å². The molecular formula is C12H12ClN3O4S2. The second-order valence-electron chi connectivity index (χ2n) is 4.34. The molecule has 3 N–H and O–H groups in total. The summed E-state index contributed by atoms with van der Waals surface area (Å²) in [6.07, 6.45) is 2.51. The van der Waals surface area contributed by atoms with Crippen LogP contribution in [0.2, 0.25) is 5.02 Å².